The molecule has 0 unspecified atom stereocenters. The first kappa shape index (κ1) is 15.3. The maximum absolute atomic E-state index is 12.5. The fourth-order valence-corrected chi connectivity index (χ4v) is 3.67. The molecule has 2 aromatic rings. The molecule has 1 nitrogen and oxygen atoms in total. The summed E-state index contributed by atoms with van der Waals surface area (Å²) >= 11 is 4.83. The van der Waals surface area contributed by atoms with E-state index < -0.39 is 11.7 Å². The normalized spacial score (nSPS) is 11.7. The van der Waals surface area contributed by atoms with Gasteiger partial charge in [0.2, 0.25) is 0 Å². The fourth-order valence-electron chi connectivity index (χ4n) is 1.87. The Hall–Kier alpha value is -1.14. The Morgan fingerprint density at radius 1 is 1.10 bits per heavy atom. The zero-order valence-corrected chi connectivity index (χ0v) is 13.0. The smallest absolute Gasteiger partial charge is 0.289 e. The minimum absolute atomic E-state index is 0.250. The lowest BCUT2D eigenvalue weighted by Gasteiger charge is -2.07. The molecule has 0 saturated carbocycles. The summed E-state index contributed by atoms with van der Waals surface area (Å²) in [7, 11) is 0. The van der Waals surface area contributed by atoms with Crippen molar-refractivity contribution in [2.75, 3.05) is 0 Å². The molecule has 0 aliphatic carbocycles. The molecule has 106 valence electrons. The van der Waals surface area contributed by atoms with Crippen LogP contribution in [0.1, 0.15) is 31.2 Å². The molecule has 0 fully saturated rings. The summed E-state index contributed by atoms with van der Waals surface area (Å²) in [5, 5.41) is 0. The maximum Gasteiger partial charge on any atom is 0.416 e. The second-order valence-electron chi connectivity index (χ2n) is 4.31. The second-order valence-corrected chi connectivity index (χ2v) is 6.53. The predicted octanol–water partition coefficient (Wildman–Crippen LogP) is 5.38. The molecule has 1 aromatic heterocycles. The van der Waals surface area contributed by atoms with Crippen LogP contribution in [0.25, 0.3) is 0 Å². The van der Waals surface area contributed by atoms with E-state index in [0.29, 0.717) is 10.0 Å². The number of benzene rings is 1. The largest absolute Gasteiger partial charge is 0.416 e. The van der Waals surface area contributed by atoms with E-state index in [1.54, 1.807) is 0 Å². The second kappa shape index (κ2) is 5.33. The number of alkyl halides is 3. The quantitative estimate of drug-likeness (QED) is 0.655. The van der Waals surface area contributed by atoms with Crippen molar-refractivity contribution in [3.05, 3.63) is 55.2 Å². The summed E-state index contributed by atoms with van der Waals surface area (Å²) in [5.41, 5.74) is 0.0122. The van der Waals surface area contributed by atoms with E-state index in [4.69, 9.17) is 0 Å². The van der Waals surface area contributed by atoms with Crippen molar-refractivity contribution in [2.24, 2.45) is 0 Å². The minimum atomic E-state index is -4.39. The minimum Gasteiger partial charge on any atom is -0.289 e. The van der Waals surface area contributed by atoms with Crippen molar-refractivity contribution in [2.45, 2.75) is 20.0 Å². The van der Waals surface area contributed by atoms with Crippen LogP contribution >= 0.6 is 27.3 Å². The highest BCUT2D eigenvalue weighted by atomic mass is 79.9. The van der Waals surface area contributed by atoms with E-state index in [0.717, 1.165) is 21.9 Å². The highest BCUT2D eigenvalue weighted by Gasteiger charge is 2.30. The number of aryl methyl sites for hydroxylation is 2. The molecule has 0 amide bonds. The van der Waals surface area contributed by atoms with E-state index in [-0.39, 0.29) is 11.3 Å². The van der Waals surface area contributed by atoms with E-state index >= 15 is 0 Å². The lowest BCUT2D eigenvalue weighted by atomic mass is 10.0. The monoisotopic (exact) mass is 362 g/mol. The van der Waals surface area contributed by atoms with Gasteiger partial charge in [0.15, 0.2) is 5.78 Å². The summed E-state index contributed by atoms with van der Waals surface area (Å²) in [6, 6.07) is 4.28. The van der Waals surface area contributed by atoms with Crippen LogP contribution in [0.5, 0.6) is 0 Å². The standard InChI is InChI=1S/C14H10BrF3OS/c1-7-11(12(15)8(2)20-7)13(19)9-3-5-10(6-4-9)14(16,17)18/h3-6H,1-2H3. The number of carbonyl (C=O) groups is 1. The van der Waals surface area contributed by atoms with Crippen molar-refractivity contribution in [3.63, 3.8) is 0 Å². The van der Waals surface area contributed by atoms with E-state index in [9.17, 15) is 18.0 Å². The van der Waals surface area contributed by atoms with Gasteiger partial charge in [-0.1, -0.05) is 12.1 Å². The molecular formula is C14H10BrF3OS. The SMILES string of the molecule is Cc1sc(C)c(C(=O)c2ccc(C(F)(F)F)cc2)c1Br. The maximum atomic E-state index is 12.5. The Morgan fingerprint density at radius 2 is 1.65 bits per heavy atom. The fraction of sp³-hybridized carbons (Fsp3) is 0.214. The van der Waals surface area contributed by atoms with Gasteiger partial charge in [-0.2, -0.15) is 13.2 Å². The molecule has 0 spiro atoms. The van der Waals surface area contributed by atoms with E-state index in [2.05, 4.69) is 15.9 Å². The third-order valence-electron chi connectivity index (χ3n) is 2.89. The van der Waals surface area contributed by atoms with Crippen LogP contribution in [-0.2, 0) is 6.18 Å². The van der Waals surface area contributed by atoms with Crippen molar-refractivity contribution in [1.82, 2.24) is 0 Å². The van der Waals surface area contributed by atoms with Gasteiger partial charge in [-0.3, -0.25) is 4.79 Å². The van der Waals surface area contributed by atoms with Gasteiger partial charge in [-0.05, 0) is 41.9 Å². The third kappa shape index (κ3) is 2.81. The van der Waals surface area contributed by atoms with E-state index in [1.807, 2.05) is 13.8 Å². The average Bonchev–Trinajstić information content (AvgIpc) is 2.62. The van der Waals surface area contributed by atoms with Gasteiger partial charge in [0, 0.05) is 19.8 Å². The van der Waals surface area contributed by atoms with Gasteiger partial charge >= 0.3 is 6.18 Å². The van der Waals surface area contributed by atoms with Crippen LogP contribution in [0, 0.1) is 13.8 Å². The Bertz CT molecular complexity index is 656. The lowest BCUT2D eigenvalue weighted by molar-refractivity contribution is -0.137. The van der Waals surface area contributed by atoms with Gasteiger partial charge in [0.05, 0.1) is 11.1 Å². The number of rotatable bonds is 2. The summed E-state index contributed by atoms with van der Waals surface area (Å²) in [6.07, 6.45) is -4.39. The van der Waals surface area contributed by atoms with Crippen LogP contribution in [0.3, 0.4) is 0 Å². The molecule has 0 aliphatic rings. The first-order chi connectivity index (χ1) is 9.21. The number of thiophene rings is 1. The Labute approximate surface area is 126 Å². The van der Waals surface area contributed by atoms with Crippen molar-refractivity contribution in [1.29, 1.82) is 0 Å². The van der Waals surface area contributed by atoms with Crippen LogP contribution in [0.2, 0.25) is 0 Å². The number of carbonyl (C=O) groups excluding carboxylic acids is 1. The molecule has 6 heteroatoms. The first-order valence-electron chi connectivity index (χ1n) is 5.69. The Balaban J connectivity index is 2.39. The van der Waals surface area contributed by atoms with Crippen molar-refractivity contribution >= 4 is 33.0 Å². The van der Waals surface area contributed by atoms with Crippen LogP contribution in [0.15, 0.2) is 28.7 Å². The topological polar surface area (TPSA) is 17.1 Å². The summed E-state index contributed by atoms with van der Waals surface area (Å²) < 4.78 is 38.2. The molecule has 0 saturated heterocycles. The molecule has 2 rings (SSSR count). The van der Waals surface area contributed by atoms with Gasteiger partial charge in [0.1, 0.15) is 0 Å². The highest BCUT2D eigenvalue weighted by Crippen LogP contribution is 2.34. The van der Waals surface area contributed by atoms with Gasteiger partial charge in [-0.25, -0.2) is 0 Å². The molecule has 0 radical (unpaired) electrons. The lowest BCUT2D eigenvalue weighted by Crippen LogP contribution is -2.07. The zero-order chi connectivity index (χ0) is 15.1. The summed E-state index contributed by atoms with van der Waals surface area (Å²) in [4.78, 5) is 14.2. The molecule has 0 N–H and O–H groups in total. The number of hydrogen-bond acceptors (Lipinski definition) is 2. The van der Waals surface area contributed by atoms with Crippen LogP contribution in [-0.4, -0.2) is 5.78 Å². The number of ketones is 1. The molecular weight excluding hydrogens is 353 g/mol. The first-order valence-corrected chi connectivity index (χ1v) is 7.30. The molecule has 0 bridgehead atoms. The van der Waals surface area contributed by atoms with Crippen LogP contribution < -0.4 is 0 Å². The average molecular weight is 363 g/mol. The summed E-state index contributed by atoms with van der Waals surface area (Å²) in [6.45, 7) is 3.70. The number of hydrogen-bond donors (Lipinski definition) is 0. The summed E-state index contributed by atoms with van der Waals surface area (Å²) in [5.74, 6) is -0.271. The molecule has 1 aromatic carbocycles. The highest BCUT2D eigenvalue weighted by molar-refractivity contribution is 9.10. The molecule has 20 heavy (non-hydrogen) atoms. The molecule has 1 heterocycles. The number of halogens is 4. The Kier molecular flexibility index (Phi) is 4.07. The van der Waals surface area contributed by atoms with Gasteiger partial charge in [-0.15, -0.1) is 11.3 Å². The van der Waals surface area contributed by atoms with E-state index in [1.165, 1.54) is 23.5 Å². The third-order valence-corrected chi connectivity index (χ3v) is 5.16. The Morgan fingerprint density at radius 3 is 2.05 bits per heavy atom. The molecule has 0 atom stereocenters. The van der Waals surface area contributed by atoms with Crippen LogP contribution in [0.4, 0.5) is 13.2 Å². The van der Waals surface area contributed by atoms with Gasteiger partial charge < -0.3 is 0 Å². The molecule has 0 aliphatic heterocycles. The van der Waals surface area contributed by atoms with Crippen molar-refractivity contribution in [3.8, 4) is 0 Å². The van der Waals surface area contributed by atoms with Crippen molar-refractivity contribution < 1.29 is 18.0 Å². The zero-order valence-electron chi connectivity index (χ0n) is 10.6. The predicted molar refractivity (Wildman–Crippen MR) is 76.4 cm³/mol. The van der Waals surface area contributed by atoms with Gasteiger partial charge in [0.25, 0.3) is 0 Å².